The lowest BCUT2D eigenvalue weighted by atomic mass is 9.83. The molecule has 2 unspecified atom stereocenters. The molecule has 0 N–H and O–H groups in total. The van der Waals surface area contributed by atoms with Crippen LogP contribution in [0.3, 0.4) is 0 Å². The van der Waals surface area contributed by atoms with Crippen LogP contribution in [0.25, 0.3) is 20.9 Å². The first kappa shape index (κ1) is 16.5. The van der Waals surface area contributed by atoms with Gasteiger partial charge in [-0.1, -0.05) is 54.0 Å². The second kappa shape index (κ2) is 7.96. The SMILES string of the molecule is CC1[C@@H](C)C(CN=[N+]=[N-])O[C@@H](Sc2ccccc2)[C@@H]1N=[N+]=[N-]. The minimum atomic E-state index is -0.289. The molecule has 0 radical (unpaired) electrons. The third-order valence-corrected chi connectivity index (χ3v) is 5.21. The van der Waals surface area contributed by atoms with E-state index in [2.05, 4.69) is 20.1 Å². The van der Waals surface area contributed by atoms with Gasteiger partial charge in [-0.3, -0.25) is 0 Å². The van der Waals surface area contributed by atoms with E-state index < -0.39 is 0 Å². The Morgan fingerprint density at radius 2 is 1.86 bits per heavy atom. The molecule has 2 rings (SSSR count). The number of hydrogen-bond acceptors (Lipinski definition) is 4. The van der Waals surface area contributed by atoms with Gasteiger partial charge in [-0.05, 0) is 35.0 Å². The zero-order valence-electron chi connectivity index (χ0n) is 12.5. The fraction of sp³-hybridized carbons (Fsp3) is 0.571. The van der Waals surface area contributed by atoms with E-state index in [4.69, 9.17) is 15.8 Å². The Hall–Kier alpha value is -1.85. The van der Waals surface area contributed by atoms with Crippen LogP contribution in [0, 0.1) is 11.8 Å². The molecule has 1 saturated heterocycles. The molecule has 5 atom stereocenters. The molecule has 0 bridgehead atoms. The summed E-state index contributed by atoms with van der Waals surface area (Å²) in [6, 6.07) is 9.59. The lowest BCUT2D eigenvalue weighted by Gasteiger charge is -2.42. The number of hydrogen-bond donors (Lipinski definition) is 0. The Morgan fingerprint density at radius 1 is 1.14 bits per heavy atom. The summed E-state index contributed by atoms with van der Waals surface area (Å²) in [6.07, 6.45) is -0.169. The van der Waals surface area contributed by atoms with Crippen molar-refractivity contribution >= 4 is 11.8 Å². The average Bonchev–Trinajstić information content (AvgIpc) is 2.54. The zero-order chi connectivity index (χ0) is 15.9. The normalized spacial score (nSPS) is 30.9. The Balaban J connectivity index is 2.21. The van der Waals surface area contributed by atoms with Crippen molar-refractivity contribution in [3.8, 4) is 0 Å². The van der Waals surface area contributed by atoms with E-state index in [0.29, 0.717) is 0 Å². The minimum absolute atomic E-state index is 0.143. The van der Waals surface area contributed by atoms with Crippen LogP contribution in [-0.4, -0.2) is 24.1 Å². The maximum Gasteiger partial charge on any atom is 0.116 e. The van der Waals surface area contributed by atoms with Gasteiger partial charge in [0.1, 0.15) is 5.44 Å². The summed E-state index contributed by atoms with van der Waals surface area (Å²) in [5.41, 5.74) is 17.1. The molecule has 116 valence electrons. The third kappa shape index (κ3) is 3.87. The van der Waals surface area contributed by atoms with E-state index in [1.165, 1.54) is 11.8 Å². The first-order chi connectivity index (χ1) is 10.7. The van der Waals surface area contributed by atoms with Crippen LogP contribution < -0.4 is 0 Å². The molecule has 0 spiro atoms. The van der Waals surface area contributed by atoms with Gasteiger partial charge in [0, 0.05) is 14.7 Å². The quantitative estimate of drug-likeness (QED) is 0.443. The minimum Gasteiger partial charge on any atom is -0.363 e. The van der Waals surface area contributed by atoms with Gasteiger partial charge < -0.3 is 4.74 Å². The fourth-order valence-corrected chi connectivity index (χ4v) is 3.77. The highest BCUT2D eigenvalue weighted by Crippen LogP contribution is 2.40. The fourth-order valence-electron chi connectivity index (χ4n) is 2.55. The van der Waals surface area contributed by atoms with E-state index in [1.54, 1.807) is 0 Å². The van der Waals surface area contributed by atoms with Gasteiger partial charge in [-0.15, -0.1) is 0 Å². The number of thioether (sulfide) groups is 1. The molecule has 1 aromatic carbocycles. The molecule has 0 aromatic heterocycles. The number of nitrogens with zero attached hydrogens (tertiary/aromatic N) is 6. The third-order valence-electron chi connectivity index (χ3n) is 4.05. The van der Waals surface area contributed by atoms with Crippen molar-refractivity contribution in [1.29, 1.82) is 0 Å². The largest absolute Gasteiger partial charge is 0.363 e. The van der Waals surface area contributed by atoms with Crippen LogP contribution in [0.4, 0.5) is 0 Å². The van der Waals surface area contributed by atoms with E-state index in [1.807, 2.05) is 44.2 Å². The summed E-state index contributed by atoms with van der Waals surface area (Å²) in [5.74, 6) is 0.290. The molecule has 0 aliphatic carbocycles. The molecule has 7 nitrogen and oxygen atoms in total. The average molecular weight is 318 g/mol. The smallest absolute Gasteiger partial charge is 0.116 e. The standard InChI is InChI=1S/C14H18N6OS/c1-9-10(2)13(18-20-16)14(21-12(9)8-17-19-15)22-11-6-4-3-5-7-11/h3-7,9-10,12-14H,8H2,1-2H3/t9-,10?,12?,13-,14+/m1/s1. The Morgan fingerprint density at radius 3 is 2.50 bits per heavy atom. The lowest BCUT2D eigenvalue weighted by Crippen LogP contribution is -2.47. The van der Waals surface area contributed by atoms with Gasteiger partial charge in [0.05, 0.1) is 18.7 Å². The van der Waals surface area contributed by atoms with E-state index >= 15 is 0 Å². The van der Waals surface area contributed by atoms with Crippen LogP contribution in [0.15, 0.2) is 45.5 Å². The van der Waals surface area contributed by atoms with Gasteiger partial charge >= 0.3 is 0 Å². The van der Waals surface area contributed by atoms with Crippen molar-refractivity contribution in [2.24, 2.45) is 22.1 Å². The van der Waals surface area contributed by atoms with Gasteiger partial charge in [0.15, 0.2) is 0 Å². The highest BCUT2D eigenvalue weighted by molar-refractivity contribution is 7.99. The summed E-state index contributed by atoms with van der Waals surface area (Å²) in [5, 5.41) is 7.57. The van der Waals surface area contributed by atoms with Crippen LogP contribution in [0.1, 0.15) is 13.8 Å². The highest BCUT2D eigenvalue weighted by atomic mass is 32.2. The number of azide groups is 2. The second-order valence-corrected chi connectivity index (χ2v) is 6.47. The molecule has 22 heavy (non-hydrogen) atoms. The summed E-state index contributed by atoms with van der Waals surface area (Å²) in [4.78, 5) is 6.83. The van der Waals surface area contributed by atoms with Crippen LogP contribution in [0.2, 0.25) is 0 Å². The van der Waals surface area contributed by atoms with Gasteiger partial charge in [0.2, 0.25) is 0 Å². The second-order valence-electron chi connectivity index (χ2n) is 5.30. The summed E-state index contributed by atoms with van der Waals surface area (Å²) >= 11 is 1.53. The monoisotopic (exact) mass is 318 g/mol. The van der Waals surface area contributed by atoms with Gasteiger partial charge in [0.25, 0.3) is 0 Å². The number of benzene rings is 1. The van der Waals surface area contributed by atoms with Crippen molar-refractivity contribution in [2.45, 2.75) is 36.3 Å². The maximum atomic E-state index is 8.84. The van der Waals surface area contributed by atoms with Crippen LogP contribution in [0.5, 0.6) is 0 Å². The van der Waals surface area contributed by atoms with Crippen molar-refractivity contribution in [2.75, 3.05) is 6.54 Å². The Labute approximate surface area is 133 Å². The lowest BCUT2D eigenvalue weighted by molar-refractivity contribution is -0.0687. The molecular formula is C14H18N6OS. The van der Waals surface area contributed by atoms with Crippen molar-refractivity contribution in [3.63, 3.8) is 0 Å². The first-order valence-electron chi connectivity index (χ1n) is 7.09. The summed E-state index contributed by atoms with van der Waals surface area (Å²) in [6.45, 7) is 4.37. The van der Waals surface area contributed by atoms with E-state index in [-0.39, 0.29) is 36.0 Å². The predicted octanol–water partition coefficient (Wildman–Crippen LogP) is 4.77. The van der Waals surface area contributed by atoms with Crippen molar-refractivity contribution in [3.05, 3.63) is 51.2 Å². The van der Waals surface area contributed by atoms with Gasteiger partial charge in [-0.2, -0.15) is 0 Å². The van der Waals surface area contributed by atoms with Gasteiger partial charge in [-0.25, -0.2) is 0 Å². The van der Waals surface area contributed by atoms with E-state index in [0.717, 1.165) is 4.90 Å². The molecule has 1 aromatic rings. The molecule has 1 aliphatic heterocycles. The topological polar surface area (TPSA) is 107 Å². The maximum absolute atomic E-state index is 8.84. The first-order valence-corrected chi connectivity index (χ1v) is 7.97. The molecule has 0 saturated carbocycles. The number of rotatable bonds is 5. The predicted molar refractivity (Wildman–Crippen MR) is 86.2 cm³/mol. The molecule has 1 fully saturated rings. The summed E-state index contributed by atoms with van der Waals surface area (Å²) < 4.78 is 6.07. The summed E-state index contributed by atoms with van der Waals surface area (Å²) in [7, 11) is 0. The highest BCUT2D eigenvalue weighted by Gasteiger charge is 2.41. The van der Waals surface area contributed by atoms with Crippen LogP contribution in [-0.2, 0) is 4.74 Å². The van der Waals surface area contributed by atoms with Crippen molar-refractivity contribution in [1.82, 2.24) is 0 Å². The Kier molecular flexibility index (Phi) is 5.98. The molecular weight excluding hydrogens is 300 g/mol. The molecule has 0 amide bonds. The molecule has 1 heterocycles. The Bertz CT molecular complexity index is 582. The van der Waals surface area contributed by atoms with E-state index in [9.17, 15) is 0 Å². The number of ether oxygens (including phenoxy) is 1. The molecule has 8 heteroatoms. The zero-order valence-corrected chi connectivity index (χ0v) is 13.3. The van der Waals surface area contributed by atoms with Crippen LogP contribution >= 0.6 is 11.8 Å². The van der Waals surface area contributed by atoms with Crippen molar-refractivity contribution < 1.29 is 4.74 Å². The molecule has 1 aliphatic rings.